The molecule has 84 valence electrons. The predicted octanol–water partition coefficient (Wildman–Crippen LogP) is 4.86. The maximum atomic E-state index is 6.12. The quantitative estimate of drug-likeness (QED) is 0.589. The minimum absolute atomic E-state index is 0.365. The molecule has 0 amide bonds. The summed E-state index contributed by atoms with van der Waals surface area (Å²) in [7, 11) is 0. The first-order valence-corrected chi connectivity index (χ1v) is 6.68. The number of rotatable bonds is 4. The van der Waals surface area contributed by atoms with Crippen LogP contribution in [0.1, 0.15) is 59.3 Å². The van der Waals surface area contributed by atoms with Crippen molar-refractivity contribution in [3.8, 4) is 0 Å². The van der Waals surface area contributed by atoms with Crippen molar-refractivity contribution in [2.75, 3.05) is 5.88 Å². The minimum Gasteiger partial charge on any atom is -0.126 e. The molecule has 0 saturated heterocycles. The van der Waals surface area contributed by atoms with Crippen molar-refractivity contribution in [3.63, 3.8) is 0 Å². The van der Waals surface area contributed by atoms with Crippen molar-refractivity contribution in [1.82, 2.24) is 0 Å². The normalized spacial score (nSPS) is 23.8. The van der Waals surface area contributed by atoms with Gasteiger partial charge in [0.2, 0.25) is 0 Å². The van der Waals surface area contributed by atoms with Crippen molar-refractivity contribution in [2.45, 2.75) is 59.3 Å². The molecule has 1 aliphatic carbocycles. The molecule has 0 radical (unpaired) electrons. The zero-order valence-corrected chi connectivity index (χ0v) is 10.7. The van der Waals surface area contributed by atoms with Crippen molar-refractivity contribution in [2.24, 2.45) is 17.3 Å². The Bertz CT molecular complexity index is 159. The molecule has 1 heteroatoms. The lowest BCUT2D eigenvalue weighted by Gasteiger charge is -2.36. The molecule has 1 unspecified atom stereocenters. The molecule has 1 rings (SSSR count). The van der Waals surface area contributed by atoms with Crippen LogP contribution in [0.25, 0.3) is 0 Å². The van der Waals surface area contributed by atoms with Gasteiger partial charge in [-0.2, -0.15) is 0 Å². The highest BCUT2D eigenvalue weighted by Gasteiger charge is 2.31. The summed E-state index contributed by atoms with van der Waals surface area (Å²) in [6, 6.07) is 0. The zero-order valence-electron chi connectivity index (χ0n) is 9.98. The van der Waals surface area contributed by atoms with Crippen LogP contribution >= 0.6 is 11.6 Å². The van der Waals surface area contributed by atoms with Crippen molar-refractivity contribution in [1.29, 1.82) is 0 Å². The fourth-order valence-electron chi connectivity index (χ4n) is 2.50. The third-order valence-electron chi connectivity index (χ3n) is 4.18. The van der Waals surface area contributed by atoms with E-state index < -0.39 is 0 Å². The topological polar surface area (TPSA) is 0 Å². The molecule has 1 aliphatic rings. The van der Waals surface area contributed by atoms with Gasteiger partial charge >= 0.3 is 0 Å². The highest BCUT2D eigenvalue weighted by molar-refractivity contribution is 6.18. The molecule has 0 nitrogen and oxygen atoms in total. The smallest absolute Gasteiger partial charge is 0.0279 e. The molecule has 0 N–H and O–H groups in total. The highest BCUT2D eigenvalue weighted by atomic mass is 35.5. The molecule has 1 fully saturated rings. The molecule has 0 aromatic carbocycles. The molecule has 0 bridgehead atoms. The Balaban J connectivity index is 2.46. The molecular formula is C13H25Cl. The molecule has 0 aliphatic heterocycles. The summed E-state index contributed by atoms with van der Waals surface area (Å²) in [5.74, 6) is 2.48. The largest absolute Gasteiger partial charge is 0.126 e. The van der Waals surface area contributed by atoms with Gasteiger partial charge in [-0.25, -0.2) is 0 Å². The summed E-state index contributed by atoms with van der Waals surface area (Å²) in [5, 5.41) is 0. The van der Waals surface area contributed by atoms with Crippen LogP contribution in [-0.4, -0.2) is 5.88 Å². The summed E-state index contributed by atoms with van der Waals surface area (Å²) < 4.78 is 0. The van der Waals surface area contributed by atoms with Gasteiger partial charge in [-0.15, -0.1) is 11.6 Å². The number of halogens is 1. The second kappa shape index (κ2) is 5.39. The Kier molecular flexibility index (Phi) is 4.76. The highest BCUT2D eigenvalue weighted by Crippen LogP contribution is 2.40. The number of hydrogen-bond donors (Lipinski definition) is 0. The first-order valence-electron chi connectivity index (χ1n) is 6.14. The Morgan fingerprint density at radius 1 is 1.21 bits per heavy atom. The van der Waals surface area contributed by atoms with Crippen molar-refractivity contribution < 1.29 is 0 Å². The number of hydrogen-bond acceptors (Lipinski definition) is 0. The van der Waals surface area contributed by atoms with E-state index in [1.165, 1.54) is 38.5 Å². The summed E-state index contributed by atoms with van der Waals surface area (Å²) >= 11 is 6.12. The van der Waals surface area contributed by atoms with Crippen LogP contribution in [0, 0.1) is 17.3 Å². The van der Waals surface area contributed by atoms with Gasteiger partial charge in [0, 0.05) is 5.88 Å². The van der Waals surface area contributed by atoms with Gasteiger partial charge in [0.25, 0.3) is 0 Å². The molecule has 0 aromatic heterocycles. The van der Waals surface area contributed by atoms with Gasteiger partial charge in [-0.3, -0.25) is 0 Å². The van der Waals surface area contributed by atoms with Gasteiger partial charge in [-0.05, 0) is 23.7 Å². The number of alkyl halides is 1. The maximum absolute atomic E-state index is 6.12. The zero-order chi connectivity index (χ0) is 10.6. The Morgan fingerprint density at radius 2 is 1.79 bits per heavy atom. The second-order valence-corrected chi connectivity index (χ2v) is 5.92. The first kappa shape index (κ1) is 12.4. The summed E-state index contributed by atoms with van der Waals surface area (Å²) in [6.07, 6.45) is 8.57. The van der Waals surface area contributed by atoms with Gasteiger partial charge in [-0.1, -0.05) is 52.9 Å². The van der Waals surface area contributed by atoms with E-state index in [4.69, 9.17) is 11.6 Å². The van der Waals surface area contributed by atoms with Crippen LogP contribution in [0.4, 0.5) is 0 Å². The average molecular weight is 217 g/mol. The standard InChI is InChI=1S/C13H25Cl/c1-11(2)13(3,10-14)9-12-7-5-4-6-8-12/h11-12H,4-10H2,1-3H3. The lowest BCUT2D eigenvalue weighted by Crippen LogP contribution is -2.29. The predicted molar refractivity (Wildman–Crippen MR) is 64.9 cm³/mol. The Labute approximate surface area is 94.4 Å². The molecular weight excluding hydrogens is 192 g/mol. The van der Waals surface area contributed by atoms with Gasteiger partial charge < -0.3 is 0 Å². The van der Waals surface area contributed by atoms with E-state index in [2.05, 4.69) is 20.8 Å². The van der Waals surface area contributed by atoms with Gasteiger partial charge in [0.15, 0.2) is 0 Å². The summed E-state index contributed by atoms with van der Waals surface area (Å²) in [5.41, 5.74) is 0.365. The van der Waals surface area contributed by atoms with E-state index >= 15 is 0 Å². The molecule has 0 aromatic rings. The van der Waals surface area contributed by atoms with Crippen LogP contribution in [0.15, 0.2) is 0 Å². The molecule has 1 saturated carbocycles. The lowest BCUT2D eigenvalue weighted by molar-refractivity contribution is 0.167. The van der Waals surface area contributed by atoms with Crippen LogP contribution in [0.2, 0.25) is 0 Å². The van der Waals surface area contributed by atoms with Crippen LogP contribution < -0.4 is 0 Å². The van der Waals surface area contributed by atoms with E-state index in [0.29, 0.717) is 11.3 Å². The molecule has 1 atom stereocenters. The minimum atomic E-state index is 0.365. The molecule has 14 heavy (non-hydrogen) atoms. The van der Waals surface area contributed by atoms with Gasteiger partial charge in [0.05, 0.1) is 0 Å². The van der Waals surface area contributed by atoms with E-state index in [0.717, 1.165) is 11.8 Å². The van der Waals surface area contributed by atoms with Gasteiger partial charge in [0.1, 0.15) is 0 Å². The fourth-order valence-corrected chi connectivity index (χ4v) is 2.91. The van der Waals surface area contributed by atoms with Crippen LogP contribution in [-0.2, 0) is 0 Å². The SMILES string of the molecule is CC(C)C(C)(CCl)CC1CCCCC1. The van der Waals surface area contributed by atoms with Crippen LogP contribution in [0.3, 0.4) is 0 Å². The Hall–Kier alpha value is 0.290. The summed E-state index contributed by atoms with van der Waals surface area (Å²) in [4.78, 5) is 0. The third-order valence-corrected chi connectivity index (χ3v) is 4.79. The lowest BCUT2D eigenvalue weighted by atomic mass is 9.71. The first-order chi connectivity index (χ1) is 6.58. The molecule has 0 spiro atoms. The second-order valence-electron chi connectivity index (χ2n) is 5.65. The average Bonchev–Trinajstić information content (AvgIpc) is 2.19. The fraction of sp³-hybridized carbons (Fsp3) is 1.00. The maximum Gasteiger partial charge on any atom is 0.0279 e. The van der Waals surface area contributed by atoms with E-state index in [1.807, 2.05) is 0 Å². The van der Waals surface area contributed by atoms with Crippen molar-refractivity contribution >= 4 is 11.6 Å². The van der Waals surface area contributed by atoms with E-state index in [-0.39, 0.29) is 0 Å². The van der Waals surface area contributed by atoms with Crippen LogP contribution in [0.5, 0.6) is 0 Å². The summed E-state index contributed by atoms with van der Waals surface area (Å²) in [6.45, 7) is 6.98. The van der Waals surface area contributed by atoms with Crippen molar-refractivity contribution in [3.05, 3.63) is 0 Å². The monoisotopic (exact) mass is 216 g/mol. The Morgan fingerprint density at radius 3 is 2.21 bits per heavy atom. The van der Waals surface area contributed by atoms with E-state index in [1.54, 1.807) is 0 Å². The molecule has 0 heterocycles. The van der Waals surface area contributed by atoms with E-state index in [9.17, 15) is 0 Å². The third kappa shape index (κ3) is 3.15.